The van der Waals surface area contributed by atoms with Gasteiger partial charge in [0.15, 0.2) is 0 Å². The molecule has 0 atom stereocenters. The second kappa shape index (κ2) is 8.53. The van der Waals surface area contributed by atoms with Gasteiger partial charge in [-0.2, -0.15) is 0 Å². The lowest BCUT2D eigenvalue weighted by atomic mass is 10.1. The summed E-state index contributed by atoms with van der Waals surface area (Å²) in [7, 11) is 1.83. The van der Waals surface area contributed by atoms with Gasteiger partial charge >= 0.3 is 0 Å². The molecule has 0 bridgehead atoms. The lowest BCUT2D eigenvalue weighted by Gasteiger charge is -2.18. The van der Waals surface area contributed by atoms with Crippen molar-refractivity contribution in [2.45, 2.75) is 13.5 Å². The van der Waals surface area contributed by atoms with Crippen molar-refractivity contribution < 1.29 is 14.3 Å². The standard InChI is InChI=1S/C19H20N2O3/c1-15-12-17(24-13-16-6-4-3-5-7-16)8-9-18(15)21(2)11-10-19(23)20-14-22/h3-12,14H,13H2,1-2H3,(H,20,22,23)/b11-10-. The summed E-state index contributed by atoms with van der Waals surface area (Å²) in [4.78, 5) is 23.3. The predicted octanol–water partition coefficient (Wildman–Crippen LogP) is 2.80. The second-order valence-electron chi connectivity index (χ2n) is 5.28. The molecule has 2 aromatic carbocycles. The highest BCUT2D eigenvalue weighted by molar-refractivity contribution is 5.94. The zero-order valence-corrected chi connectivity index (χ0v) is 13.7. The number of amides is 2. The molecular formula is C19H20N2O3. The van der Waals surface area contributed by atoms with E-state index in [1.165, 1.54) is 6.08 Å². The summed E-state index contributed by atoms with van der Waals surface area (Å²) < 4.78 is 5.80. The molecule has 0 spiro atoms. The maximum absolute atomic E-state index is 11.3. The van der Waals surface area contributed by atoms with Crippen LogP contribution in [0.25, 0.3) is 0 Å². The Labute approximate surface area is 141 Å². The largest absolute Gasteiger partial charge is 0.489 e. The highest BCUT2D eigenvalue weighted by atomic mass is 16.5. The molecule has 1 N–H and O–H groups in total. The lowest BCUT2D eigenvalue weighted by molar-refractivity contribution is -0.121. The van der Waals surface area contributed by atoms with Gasteiger partial charge in [-0.15, -0.1) is 0 Å². The predicted molar refractivity (Wildman–Crippen MR) is 93.7 cm³/mol. The third-order valence-electron chi connectivity index (χ3n) is 3.45. The average molecular weight is 324 g/mol. The van der Waals surface area contributed by atoms with Gasteiger partial charge in [0, 0.05) is 25.0 Å². The number of carbonyl (C=O) groups excluding carboxylic acids is 2. The molecular weight excluding hydrogens is 304 g/mol. The maximum atomic E-state index is 11.3. The van der Waals surface area contributed by atoms with Crippen molar-refractivity contribution in [2.24, 2.45) is 0 Å². The van der Waals surface area contributed by atoms with Crippen molar-refractivity contribution in [3.63, 3.8) is 0 Å². The van der Waals surface area contributed by atoms with Crippen molar-refractivity contribution >= 4 is 18.0 Å². The second-order valence-corrected chi connectivity index (χ2v) is 5.28. The maximum Gasteiger partial charge on any atom is 0.251 e. The minimum absolute atomic E-state index is 0.358. The Morgan fingerprint density at radius 1 is 1.21 bits per heavy atom. The minimum atomic E-state index is -0.461. The topological polar surface area (TPSA) is 58.6 Å². The molecule has 0 unspecified atom stereocenters. The van der Waals surface area contributed by atoms with E-state index < -0.39 is 5.91 Å². The van der Waals surface area contributed by atoms with Crippen LogP contribution in [0.1, 0.15) is 11.1 Å². The van der Waals surface area contributed by atoms with Crippen LogP contribution in [0.3, 0.4) is 0 Å². The van der Waals surface area contributed by atoms with E-state index in [-0.39, 0.29) is 0 Å². The summed E-state index contributed by atoms with van der Waals surface area (Å²) in [5.74, 6) is 0.327. The summed E-state index contributed by atoms with van der Waals surface area (Å²) in [6, 6.07) is 15.7. The monoisotopic (exact) mass is 324 g/mol. The minimum Gasteiger partial charge on any atom is -0.489 e. The van der Waals surface area contributed by atoms with Crippen molar-refractivity contribution in [3.8, 4) is 5.75 Å². The van der Waals surface area contributed by atoms with Gasteiger partial charge in [0.1, 0.15) is 12.4 Å². The average Bonchev–Trinajstić information content (AvgIpc) is 2.59. The summed E-state index contributed by atoms with van der Waals surface area (Å²) in [6.45, 7) is 2.49. The van der Waals surface area contributed by atoms with E-state index in [0.29, 0.717) is 13.0 Å². The van der Waals surface area contributed by atoms with Gasteiger partial charge in [-0.05, 0) is 36.2 Å². The fraction of sp³-hybridized carbons (Fsp3) is 0.158. The molecule has 2 aromatic rings. The fourth-order valence-electron chi connectivity index (χ4n) is 2.22. The molecule has 0 saturated heterocycles. The molecule has 0 aliphatic carbocycles. The molecule has 5 nitrogen and oxygen atoms in total. The first kappa shape index (κ1) is 17.3. The molecule has 0 aromatic heterocycles. The van der Waals surface area contributed by atoms with Gasteiger partial charge in [0.05, 0.1) is 0 Å². The summed E-state index contributed by atoms with van der Waals surface area (Å²) in [6.07, 6.45) is 3.26. The molecule has 0 heterocycles. The van der Waals surface area contributed by atoms with Gasteiger partial charge < -0.3 is 9.64 Å². The van der Waals surface area contributed by atoms with Crippen LogP contribution in [0.2, 0.25) is 0 Å². The zero-order valence-electron chi connectivity index (χ0n) is 13.7. The number of aryl methyl sites for hydroxylation is 1. The first-order valence-corrected chi connectivity index (χ1v) is 7.52. The molecule has 124 valence electrons. The van der Waals surface area contributed by atoms with Crippen LogP contribution in [0.5, 0.6) is 5.75 Å². The lowest BCUT2D eigenvalue weighted by Crippen LogP contribution is -2.20. The highest BCUT2D eigenvalue weighted by Crippen LogP contribution is 2.24. The zero-order chi connectivity index (χ0) is 17.4. The van der Waals surface area contributed by atoms with E-state index in [1.54, 1.807) is 11.1 Å². The van der Waals surface area contributed by atoms with Crippen LogP contribution in [-0.4, -0.2) is 19.4 Å². The number of nitrogens with zero attached hydrogens (tertiary/aromatic N) is 1. The van der Waals surface area contributed by atoms with Crippen LogP contribution in [0.4, 0.5) is 5.69 Å². The number of carbonyl (C=O) groups is 2. The van der Waals surface area contributed by atoms with Gasteiger partial charge in [-0.25, -0.2) is 0 Å². The number of ether oxygens (including phenoxy) is 1. The number of benzene rings is 2. The smallest absolute Gasteiger partial charge is 0.251 e. The fourth-order valence-corrected chi connectivity index (χ4v) is 2.22. The number of nitrogens with one attached hydrogen (secondary N) is 1. The Morgan fingerprint density at radius 2 is 1.96 bits per heavy atom. The van der Waals surface area contributed by atoms with Crippen molar-refractivity contribution in [1.29, 1.82) is 0 Å². The van der Waals surface area contributed by atoms with E-state index in [4.69, 9.17) is 4.74 Å². The number of imide groups is 1. The van der Waals surface area contributed by atoms with Gasteiger partial charge in [-0.1, -0.05) is 30.3 Å². The van der Waals surface area contributed by atoms with Crippen molar-refractivity contribution in [2.75, 3.05) is 11.9 Å². The molecule has 2 amide bonds. The molecule has 0 saturated carbocycles. The normalized spacial score (nSPS) is 10.4. The summed E-state index contributed by atoms with van der Waals surface area (Å²) in [5, 5.41) is 2.06. The first-order valence-electron chi connectivity index (χ1n) is 7.52. The van der Waals surface area contributed by atoms with E-state index in [0.717, 1.165) is 22.6 Å². The van der Waals surface area contributed by atoms with Crippen LogP contribution in [0.15, 0.2) is 60.8 Å². The number of rotatable bonds is 7. The highest BCUT2D eigenvalue weighted by Gasteiger charge is 2.05. The van der Waals surface area contributed by atoms with Crippen molar-refractivity contribution in [1.82, 2.24) is 5.32 Å². The van der Waals surface area contributed by atoms with Gasteiger partial charge in [-0.3, -0.25) is 14.9 Å². The molecule has 0 fully saturated rings. The molecule has 0 aliphatic rings. The van der Waals surface area contributed by atoms with Crippen LogP contribution >= 0.6 is 0 Å². The summed E-state index contributed by atoms with van der Waals surface area (Å²) in [5.41, 5.74) is 3.07. The van der Waals surface area contributed by atoms with E-state index in [9.17, 15) is 9.59 Å². The van der Waals surface area contributed by atoms with Crippen LogP contribution in [0, 0.1) is 6.92 Å². The molecule has 5 heteroatoms. The SMILES string of the molecule is Cc1cc(OCc2ccccc2)ccc1N(C)/C=C\C(=O)NC=O. The Hall–Kier alpha value is -3.08. The van der Waals surface area contributed by atoms with Gasteiger partial charge in [0.2, 0.25) is 6.41 Å². The molecule has 2 rings (SSSR count). The van der Waals surface area contributed by atoms with Crippen LogP contribution in [-0.2, 0) is 16.2 Å². The van der Waals surface area contributed by atoms with E-state index >= 15 is 0 Å². The number of hydrogen-bond acceptors (Lipinski definition) is 4. The van der Waals surface area contributed by atoms with E-state index in [2.05, 4.69) is 5.32 Å². The molecule has 0 aliphatic heterocycles. The Kier molecular flexibility index (Phi) is 6.14. The van der Waals surface area contributed by atoms with Crippen LogP contribution < -0.4 is 15.0 Å². The van der Waals surface area contributed by atoms with Gasteiger partial charge in [0.25, 0.3) is 5.91 Å². The third-order valence-corrected chi connectivity index (χ3v) is 3.45. The number of hydrogen-bond donors (Lipinski definition) is 1. The molecule has 24 heavy (non-hydrogen) atoms. The first-order chi connectivity index (χ1) is 11.6. The molecule has 0 radical (unpaired) electrons. The third kappa shape index (κ3) is 4.98. The number of anilines is 1. The van der Waals surface area contributed by atoms with Crippen molar-refractivity contribution in [3.05, 3.63) is 71.9 Å². The Morgan fingerprint density at radius 3 is 2.62 bits per heavy atom. The Bertz CT molecular complexity index is 727. The Balaban J connectivity index is 2.01. The quantitative estimate of drug-likeness (QED) is 0.628. The van der Waals surface area contributed by atoms with E-state index in [1.807, 2.05) is 62.5 Å². The summed E-state index contributed by atoms with van der Waals surface area (Å²) >= 11 is 0.